The summed E-state index contributed by atoms with van der Waals surface area (Å²) in [7, 11) is -3.19. The maximum Gasteiger partial charge on any atom is 0.466 e. The van der Waals surface area contributed by atoms with E-state index in [2.05, 4.69) is 27.4 Å². The number of nitrogens with zero attached hydrogens (tertiary/aromatic N) is 3. The Hall–Kier alpha value is -2.92. The summed E-state index contributed by atoms with van der Waals surface area (Å²) in [5.74, 6) is -0.693. The number of nitrogens with one attached hydrogen (secondary N) is 1. The van der Waals surface area contributed by atoms with Gasteiger partial charge in [-0.3, -0.25) is 9.59 Å². The molecule has 198 valence electrons. The van der Waals surface area contributed by atoms with Crippen molar-refractivity contribution in [2.45, 2.75) is 63.7 Å². The zero-order chi connectivity index (χ0) is 26.6. The number of aryl methyl sites for hydroxylation is 2. The molecule has 2 aromatic heterocycles. The maximum absolute atomic E-state index is 12.3. The van der Waals surface area contributed by atoms with Crippen LogP contribution >= 0.6 is 7.82 Å². The summed E-state index contributed by atoms with van der Waals surface area (Å²) in [6, 6.07) is 4.43. The quantitative estimate of drug-likeness (QED) is 0.213. The van der Waals surface area contributed by atoms with Crippen LogP contribution in [0.15, 0.2) is 24.5 Å². The number of Topliss-reactive ketones (excluding diaryl/α,β-unsaturated/α-hetero) is 1. The number of ether oxygens (including phenoxy) is 1. The summed E-state index contributed by atoms with van der Waals surface area (Å²) < 4.78 is 13.8. The first-order valence-corrected chi connectivity index (χ1v) is 13.2. The van der Waals surface area contributed by atoms with Crippen molar-refractivity contribution in [1.82, 2.24) is 15.0 Å². The first-order valence-electron chi connectivity index (χ1n) is 11.7. The van der Waals surface area contributed by atoms with Gasteiger partial charge in [-0.05, 0) is 56.6 Å². The number of unbranched alkanes of at least 4 members (excludes halogenated alkanes) is 1. The van der Waals surface area contributed by atoms with Gasteiger partial charge in [-0.15, -0.1) is 0 Å². The molecule has 0 saturated heterocycles. The highest BCUT2D eigenvalue weighted by Crippen LogP contribution is 2.26. The second-order valence-corrected chi connectivity index (χ2v) is 9.41. The molecule has 3 heterocycles. The Balaban J connectivity index is 0.000000830. The number of hydrogen-bond acceptors (Lipinski definition) is 8. The highest BCUT2D eigenvalue weighted by molar-refractivity contribution is 7.45. The highest BCUT2D eigenvalue weighted by Gasteiger charge is 2.22. The van der Waals surface area contributed by atoms with E-state index < -0.39 is 19.7 Å². The highest BCUT2D eigenvalue weighted by atomic mass is 31.2. The fourth-order valence-electron chi connectivity index (χ4n) is 3.77. The van der Waals surface area contributed by atoms with Gasteiger partial charge in [-0.25, -0.2) is 19.5 Å². The number of aromatic nitrogens is 3. The van der Waals surface area contributed by atoms with Crippen molar-refractivity contribution in [3.63, 3.8) is 0 Å². The molecule has 0 aliphatic carbocycles. The fourth-order valence-corrected chi connectivity index (χ4v) is 3.77. The van der Waals surface area contributed by atoms with Gasteiger partial charge in [0.1, 0.15) is 11.6 Å². The van der Waals surface area contributed by atoms with E-state index >= 15 is 0 Å². The van der Waals surface area contributed by atoms with E-state index in [1.807, 2.05) is 0 Å². The van der Waals surface area contributed by atoms with E-state index in [4.69, 9.17) is 29.0 Å². The van der Waals surface area contributed by atoms with Crippen molar-refractivity contribution in [2.75, 3.05) is 19.0 Å². The Morgan fingerprint density at radius 3 is 2.44 bits per heavy atom. The Morgan fingerprint density at radius 1 is 1.11 bits per heavy atom. The molecule has 0 spiro atoms. The number of pyridine rings is 1. The number of rotatable bonds is 11. The van der Waals surface area contributed by atoms with Crippen LogP contribution in [0, 0.1) is 0 Å². The zero-order valence-electron chi connectivity index (χ0n) is 20.2. The van der Waals surface area contributed by atoms with E-state index in [9.17, 15) is 14.7 Å². The molecule has 12 nitrogen and oxygen atoms in total. The lowest BCUT2D eigenvalue weighted by molar-refractivity contribution is -0.139. The van der Waals surface area contributed by atoms with E-state index in [0.29, 0.717) is 12.0 Å². The van der Waals surface area contributed by atoms with Gasteiger partial charge in [0.15, 0.2) is 0 Å². The number of phosphoric acid groups is 1. The minimum atomic E-state index is -4.64. The average molecular weight is 525 g/mol. The number of carbonyl (C=O) groups excluding carboxylic acids is 1. The molecule has 1 atom stereocenters. The van der Waals surface area contributed by atoms with Crippen LogP contribution in [0.2, 0.25) is 0 Å². The summed E-state index contributed by atoms with van der Waals surface area (Å²) in [6.07, 6.45) is 9.73. The Morgan fingerprint density at radius 2 is 1.81 bits per heavy atom. The topological polar surface area (TPSA) is 192 Å². The van der Waals surface area contributed by atoms with Gasteiger partial charge in [0.2, 0.25) is 0 Å². The second-order valence-electron chi connectivity index (χ2n) is 8.39. The lowest BCUT2D eigenvalue weighted by Crippen LogP contribution is -2.14. The summed E-state index contributed by atoms with van der Waals surface area (Å²) in [5.41, 5.74) is 2.81. The van der Waals surface area contributed by atoms with Crippen molar-refractivity contribution in [2.24, 2.45) is 0 Å². The molecule has 0 aromatic carbocycles. The number of anilines is 1. The molecule has 2 aromatic rings. The van der Waals surface area contributed by atoms with Crippen LogP contribution in [0.3, 0.4) is 0 Å². The number of methoxy groups -OCH3 is 1. The Kier molecular flexibility index (Phi) is 11.9. The number of carboxylic acid groups (broad SMARTS) is 1. The Bertz CT molecular complexity index is 1040. The molecule has 0 saturated carbocycles. The molecule has 0 fully saturated rings. The van der Waals surface area contributed by atoms with Gasteiger partial charge >= 0.3 is 19.8 Å². The molecule has 1 aliphatic rings. The number of hydrogen-bond donors (Lipinski definition) is 5. The average Bonchev–Trinajstić information content (AvgIpc) is 3.06. The van der Waals surface area contributed by atoms with Crippen molar-refractivity contribution in [3.05, 3.63) is 41.3 Å². The second kappa shape index (κ2) is 14.6. The third-order valence-corrected chi connectivity index (χ3v) is 5.58. The SMILES string of the molecule is COc1ncc(C(CCC(=O)CCCCc2ccc3c(n2)NCCCC3)C(=O)O)cn1.O=P(O)(O)O. The molecule has 0 radical (unpaired) electrons. The van der Waals surface area contributed by atoms with Crippen LogP contribution in [-0.4, -0.2) is 60.1 Å². The van der Waals surface area contributed by atoms with Gasteiger partial charge in [0, 0.05) is 43.0 Å². The predicted octanol–water partition coefficient (Wildman–Crippen LogP) is 2.63. The van der Waals surface area contributed by atoms with Crippen LogP contribution in [0.5, 0.6) is 6.01 Å². The molecule has 3 rings (SSSR count). The lowest BCUT2D eigenvalue weighted by Gasteiger charge is -2.12. The van der Waals surface area contributed by atoms with Crippen LogP contribution in [-0.2, 0) is 27.0 Å². The number of aliphatic carboxylic acids is 1. The number of carbonyl (C=O) groups is 2. The minimum Gasteiger partial charge on any atom is -0.481 e. The maximum atomic E-state index is 12.3. The molecule has 36 heavy (non-hydrogen) atoms. The summed E-state index contributed by atoms with van der Waals surface area (Å²) in [6.45, 7) is 0.970. The Labute approximate surface area is 209 Å². The van der Waals surface area contributed by atoms with Crippen molar-refractivity contribution >= 4 is 25.4 Å². The van der Waals surface area contributed by atoms with Crippen LogP contribution in [0.4, 0.5) is 5.82 Å². The first kappa shape index (κ1) is 29.3. The summed E-state index contributed by atoms with van der Waals surface area (Å²) >= 11 is 0. The van der Waals surface area contributed by atoms with Crippen molar-refractivity contribution < 1.29 is 38.7 Å². The monoisotopic (exact) mass is 524 g/mol. The van der Waals surface area contributed by atoms with Crippen LogP contribution in [0.25, 0.3) is 0 Å². The zero-order valence-corrected chi connectivity index (χ0v) is 21.1. The minimum absolute atomic E-state index is 0.0808. The lowest BCUT2D eigenvalue weighted by atomic mass is 9.94. The predicted molar refractivity (Wildman–Crippen MR) is 131 cm³/mol. The molecule has 5 N–H and O–H groups in total. The smallest absolute Gasteiger partial charge is 0.466 e. The molecule has 0 bridgehead atoms. The summed E-state index contributed by atoms with van der Waals surface area (Å²) in [4.78, 5) is 58.1. The van der Waals surface area contributed by atoms with E-state index in [0.717, 1.165) is 43.7 Å². The van der Waals surface area contributed by atoms with Crippen molar-refractivity contribution in [1.29, 1.82) is 0 Å². The molecular weight excluding hydrogens is 491 g/mol. The van der Waals surface area contributed by atoms with Crippen LogP contribution < -0.4 is 10.1 Å². The van der Waals surface area contributed by atoms with E-state index in [1.165, 1.54) is 37.9 Å². The van der Waals surface area contributed by atoms with Crippen molar-refractivity contribution in [3.8, 4) is 6.01 Å². The van der Waals surface area contributed by atoms with E-state index in [1.54, 1.807) is 0 Å². The molecule has 1 aliphatic heterocycles. The molecular formula is C23H33N4O8P. The van der Waals surface area contributed by atoms with E-state index in [-0.39, 0.29) is 24.6 Å². The molecule has 0 amide bonds. The van der Waals surface area contributed by atoms with Gasteiger partial charge in [0.05, 0.1) is 13.0 Å². The first-order chi connectivity index (χ1) is 17.1. The number of ketones is 1. The third-order valence-electron chi connectivity index (χ3n) is 5.58. The third kappa shape index (κ3) is 11.2. The van der Waals surface area contributed by atoms with Gasteiger partial charge in [0.25, 0.3) is 0 Å². The number of fused-ring (bicyclic) bond motifs is 1. The largest absolute Gasteiger partial charge is 0.481 e. The fraction of sp³-hybridized carbons (Fsp3) is 0.522. The molecule has 13 heteroatoms. The normalized spacial score (nSPS) is 13.8. The standard InChI is InChI=1S/C23H30N4O4.H3O4P/c1-31-23-25-14-17(15-26-23)20(22(29)30)12-11-19(28)8-3-2-7-18-10-9-16-6-4-5-13-24-21(16)27-18;1-5(2,3)4/h9-10,14-15,20H,2-8,11-13H2,1H3,(H,24,27)(H,29,30);(H3,1,2,3,4). The van der Waals surface area contributed by atoms with Gasteiger partial charge in [-0.2, -0.15) is 0 Å². The summed E-state index contributed by atoms with van der Waals surface area (Å²) in [5, 5.41) is 12.9. The van der Waals surface area contributed by atoms with Crippen LogP contribution in [0.1, 0.15) is 67.7 Å². The molecule has 1 unspecified atom stereocenters. The van der Waals surface area contributed by atoms with Gasteiger partial charge < -0.3 is 29.8 Å². The van der Waals surface area contributed by atoms with Gasteiger partial charge in [-0.1, -0.05) is 6.07 Å². The number of carboxylic acids is 1.